The smallest absolute Gasteiger partial charge is 0.0133 e. The van der Waals surface area contributed by atoms with Crippen LogP contribution in [0.25, 0.3) is 0 Å². The molecule has 131 valence electrons. The average Bonchev–Trinajstić information content (AvgIpc) is 2.54. The van der Waals surface area contributed by atoms with Gasteiger partial charge in [-0.3, -0.25) is 0 Å². The molecule has 0 aliphatic heterocycles. The second-order valence-corrected chi connectivity index (χ2v) is 6.61. The highest BCUT2D eigenvalue weighted by Gasteiger charge is 1.93. The minimum atomic E-state index is 1.09. The molecule has 0 unspecified atom stereocenters. The number of hydrogen-bond acceptors (Lipinski definition) is 0. The number of unbranched alkanes of at least 4 members (excludes halogenated alkanes) is 12. The quantitative estimate of drug-likeness (QED) is 0.190. The van der Waals surface area contributed by atoms with Gasteiger partial charge in [0.05, 0.1) is 0 Å². The molecule has 0 aromatic heterocycles. The van der Waals surface area contributed by atoms with Crippen molar-refractivity contribution in [2.45, 2.75) is 110 Å². The lowest BCUT2D eigenvalue weighted by molar-refractivity contribution is 0.538. The van der Waals surface area contributed by atoms with Gasteiger partial charge in [-0.1, -0.05) is 90.2 Å². The van der Waals surface area contributed by atoms with Crippen LogP contribution in [0.3, 0.4) is 0 Å². The van der Waals surface area contributed by atoms with Crippen molar-refractivity contribution >= 4 is 0 Å². The van der Waals surface area contributed by atoms with Gasteiger partial charge < -0.3 is 0 Å². The molecule has 0 aliphatic rings. The second kappa shape index (κ2) is 20.7. The summed E-state index contributed by atoms with van der Waals surface area (Å²) in [6.45, 7) is 6.69. The van der Waals surface area contributed by atoms with Crippen molar-refractivity contribution < 1.29 is 0 Å². The maximum Gasteiger partial charge on any atom is 0.0133 e. The monoisotopic (exact) mass is 308 g/mol. The lowest BCUT2D eigenvalue weighted by Crippen LogP contribution is -2.07. The van der Waals surface area contributed by atoms with Crippen LogP contribution in [-0.2, 0) is 0 Å². The molecule has 22 heavy (non-hydrogen) atoms. The maximum atomic E-state index is 4.55. The molecular formula is C21H42N. The average molecular weight is 309 g/mol. The Morgan fingerprint density at radius 1 is 0.500 bits per heavy atom. The van der Waals surface area contributed by atoms with E-state index in [4.69, 9.17) is 0 Å². The standard InChI is InChI=1S/C21H42N/c1-3-5-7-8-9-10-11-12-13-14-15-16-17-18-19-21-22-20-6-4-2/h8-9H,3-7,10-21H2,1-2H3. The van der Waals surface area contributed by atoms with Crippen molar-refractivity contribution in [2.75, 3.05) is 13.1 Å². The molecule has 0 saturated heterocycles. The normalized spacial score (nSPS) is 11.5. The number of hydrogen-bond donors (Lipinski definition) is 0. The fourth-order valence-corrected chi connectivity index (χ4v) is 2.66. The first-order valence-electron chi connectivity index (χ1n) is 10.2. The Labute approximate surface area is 141 Å². The summed E-state index contributed by atoms with van der Waals surface area (Å²) in [5, 5.41) is 4.55. The Hall–Kier alpha value is -0.300. The predicted octanol–water partition coefficient (Wildman–Crippen LogP) is 7.04. The predicted molar refractivity (Wildman–Crippen MR) is 102 cm³/mol. The van der Waals surface area contributed by atoms with Crippen LogP contribution in [0.1, 0.15) is 110 Å². The van der Waals surface area contributed by atoms with Crippen LogP contribution in [-0.4, -0.2) is 13.1 Å². The number of rotatable bonds is 18. The third kappa shape index (κ3) is 19.7. The van der Waals surface area contributed by atoms with E-state index in [9.17, 15) is 0 Å². The van der Waals surface area contributed by atoms with Crippen LogP contribution in [0.2, 0.25) is 0 Å². The fourth-order valence-electron chi connectivity index (χ4n) is 2.66. The van der Waals surface area contributed by atoms with E-state index in [0.717, 1.165) is 13.1 Å². The van der Waals surface area contributed by atoms with E-state index < -0.39 is 0 Å². The summed E-state index contributed by atoms with van der Waals surface area (Å²) >= 11 is 0. The highest BCUT2D eigenvalue weighted by atomic mass is 14.8. The van der Waals surface area contributed by atoms with Crippen LogP contribution >= 0.6 is 0 Å². The van der Waals surface area contributed by atoms with E-state index in [1.165, 1.54) is 96.3 Å². The molecule has 0 amide bonds. The topological polar surface area (TPSA) is 14.1 Å². The first-order chi connectivity index (χ1) is 10.9. The third-order valence-corrected chi connectivity index (χ3v) is 4.25. The summed E-state index contributed by atoms with van der Waals surface area (Å²) in [5.74, 6) is 0. The Balaban J connectivity index is 2.98. The van der Waals surface area contributed by atoms with Gasteiger partial charge in [0, 0.05) is 13.1 Å². The van der Waals surface area contributed by atoms with Crippen LogP contribution in [0.5, 0.6) is 0 Å². The summed E-state index contributed by atoms with van der Waals surface area (Å²) in [6.07, 6.45) is 25.3. The summed E-state index contributed by atoms with van der Waals surface area (Å²) in [5.41, 5.74) is 0. The molecule has 0 spiro atoms. The van der Waals surface area contributed by atoms with Gasteiger partial charge in [-0.15, -0.1) is 0 Å². The first kappa shape index (κ1) is 21.7. The summed E-state index contributed by atoms with van der Waals surface area (Å²) < 4.78 is 0. The number of nitrogens with zero attached hydrogens (tertiary/aromatic N) is 1. The van der Waals surface area contributed by atoms with Crippen molar-refractivity contribution in [3.63, 3.8) is 0 Å². The Bertz CT molecular complexity index is 210. The highest BCUT2D eigenvalue weighted by molar-refractivity contribution is 4.81. The zero-order valence-corrected chi connectivity index (χ0v) is 15.6. The van der Waals surface area contributed by atoms with Gasteiger partial charge in [-0.2, -0.15) is 0 Å². The lowest BCUT2D eigenvalue weighted by Gasteiger charge is -2.03. The van der Waals surface area contributed by atoms with Crippen molar-refractivity contribution in [1.29, 1.82) is 0 Å². The molecule has 0 fully saturated rings. The van der Waals surface area contributed by atoms with Crippen LogP contribution in [0.15, 0.2) is 12.2 Å². The van der Waals surface area contributed by atoms with E-state index in [1.54, 1.807) is 0 Å². The summed E-state index contributed by atoms with van der Waals surface area (Å²) in [7, 11) is 0. The van der Waals surface area contributed by atoms with Crippen LogP contribution in [0.4, 0.5) is 0 Å². The van der Waals surface area contributed by atoms with Gasteiger partial charge >= 0.3 is 0 Å². The maximum absolute atomic E-state index is 4.55. The minimum Gasteiger partial charge on any atom is -0.242 e. The van der Waals surface area contributed by atoms with E-state index in [0.29, 0.717) is 0 Å². The van der Waals surface area contributed by atoms with Gasteiger partial charge in [0.1, 0.15) is 0 Å². The molecule has 0 bridgehead atoms. The largest absolute Gasteiger partial charge is 0.242 e. The Morgan fingerprint density at radius 2 is 0.955 bits per heavy atom. The Kier molecular flexibility index (Phi) is 20.4. The van der Waals surface area contributed by atoms with Crippen molar-refractivity contribution in [3.8, 4) is 0 Å². The molecule has 0 N–H and O–H groups in total. The second-order valence-electron chi connectivity index (χ2n) is 6.61. The zero-order valence-electron chi connectivity index (χ0n) is 15.6. The van der Waals surface area contributed by atoms with E-state index in [-0.39, 0.29) is 0 Å². The minimum absolute atomic E-state index is 1.09. The van der Waals surface area contributed by atoms with Crippen molar-refractivity contribution in [2.24, 2.45) is 0 Å². The molecule has 0 atom stereocenters. The molecular weight excluding hydrogens is 266 g/mol. The van der Waals surface area contributed by atoms with Gasteiger partial charge in [-0.25, -0.2) is 5.32 Å². The SMILES string of the molecule is CCCCC=CCCCCCCCCCCC[N]CCCC. The molecule has 1 nitrogen and oxygen atoms in total. The van der Waals surface area contributed by atoms with Gasteiger partial charge in [0.2, 0.25) is 0 Å². The fraction of sp³-hybridized carbons (Fsp3) is 0.905. The van der Waals surface area contributed by atoms with Gasteiger partial charge in [-0.05, 0) is 32.1 Å². The van der Waals surface area contributed by atoms with E-state index >= 15 is 0 Å². The molecule has 0 saturated carbocycles. The van der Waals surface area contributed by atoms with Gasteiger partial charge in [0.25, 0.3) is 0 Å². The summed E-state index contributed by atoms with van der Waals surface area (Å²) in [4.78, 5) is 0. The molecule has 0 aromatic rings. The van der Waals surface area contributed by atoms with Crippen molar-refractivity contribution in [1.82, 2.24) is 5.32 Å². The first-order valence-corrected chi connectivity index (χ1v) is 10.2. The third-order valence-electron chi connectivity index (χ3n) is 4.25. The van der Waals surface area contributed by atoms with Crippen molar-refractivity contribution in [3.05, 3.63) is 12.2 Å². The lowest BCUT2D eigenvalue weighted by atomic mass is 10.1. The van der Waals surface area contributed by atoms with Crippen LogP contribution < -0.4 is 5.32 Å². The van der Waals surface area contributed by atoms with Crippen LogP contribution in [0, 0.1) is 0 Å². The summed E-state index contributed by atoms with van der Waals surface area (Å²) in [6, 6.07) is 0. The Morgan fingerprint density at radius 3 is 1.55 bits per heavy atom. The highest BCUT2D eigenvalue weighted by Crippen LogP contribution is 2.11. The molecule has 0 aromatic carbocycles. The van der Waals surface area contributed by atoms with Gasteiger partial charge in [0.15, 0.2) is 0 Å². The van der Waals surface area contributed by atoms with E-state index in [1.807, 2.05) is 0 Å². The zero-order chi connectivity index (χ0) is 16.1. The number of allylic oxidation sites excluding steroid dienone is 2. The molecule has 0 aliphatic carbocycles. The van der Waals surface area contributed by atoms with E-state index in [2.05, 4.69) is 31.3 Å². The molecule has 1 heteroatoms. The molecule has 1 radical (unpaired) electrons. The molecule has 0 rings (SSSR count). The molecule has 0 heterocycles.